The summed E-state index contributed by atoms with van der Waals surface area (Å²) in [4.78, 5) is 31.8. The number of aromatic nitrogens is 1. The van der Waals surface area contributed by atoms with E-state index in [9.17, 15) is 14.0 Å². The summed E-state index contributed by atoms with van der Waals surface area (Å²) in [5, 5.41) is 2.99. The van der Waals surface area contributed by atoms with Gasteiger partial charge in [0.05, 0.1) is 0 Å². The predicted molar refractivity (Wildman–Crippen MR) is 132 cm³/mol. The minimum atomic E-state index is -0.693. The van der Waals surface area contributed by atoms with Crippen LogP contribution in [0, 0.1) is 12.7 Å². The van der Waals surface area contributed by atoms with Gasteiger partial charge in [-0.1, -0.05) is 42.5 Å². The van der Waals surface area contributed by atoms with Crippen LogP contribution in [0.5, 0.6) is 0 Å². The fourth-order valence-corrected chi connectivity index (χ4v) is 4.32. The monoisotopic (exact) mass is 473 g/mol. The Morgan fingerprint density at radius 1 is 1.20 bits per heavy atom. The molecule has 6 nitrogen and oxygen atoms in total. The largest absolute Gasteiger partial charge is 0.367 e. The van der Waals surface area contributed by atoms with Crippen molar-refractivity contribution in [3.63, 3.8) is 0 Å². The summed E-state index contributed by atoms with van der Waals surface area (Å²) in [6, 6.07) is 15.5. The van der Waals surface area contributed by atoms with Crippen LogP contribution in [-0.4, -0.2) is 35.4 Å². The normalized spacial score (nSPS) is 14.0. The fourth-order valence-electron chi connectivity index (χ4n) is 4.32. The summed E-state index contributed by atoms with van der Waals surface area (Å²) in [5.41, 5.74) is 5.33. The van der Waals surface area contributed by atoms with Crippen molar-refractivity contribution in [1.82, 2.24) is 15.2 Å². The van der Waals surface area contributed by atoms with E-state index in [-0.39, 0.29) is 17.6 Å². The van der Waals surface area contributed by atoms with Gasteiger partial charge in [0.1, 0.15) is 5.82 Å². The van der Waals surface area contributed by atoms with E-state index in [2.05, 4.69) is 10.3 Å². The van der Waals surface area contributed by atoms with Crippen molar-refractivity contribution in [1.29, 1.82) is 0 Å². The number of carbonyl (C=O) groups is 2. The van der Waals surface area contributed by atoms with Crippen molar-refractivity contribution in [2.24, 2.45) is 0 Å². The molecular weight excluding hydrogens is 445 g/mol. The van der Waals surface area contributed by atoms with Gasteiger partial charge in [-0.05, 0) is 59.4 Å². The van der Waals surface area contributed by atoms with Gasteiger partial charge in [0.25, 0.3) is 5.91 Å². The standard InChI is InChI=1S/C28H28FN3O3/c1-19-25(17-31-28(34)27(35-2)21-8-4-3-5-9-21)24-13-14-32(18-22(24)16-30-19)26(33)12-11-20-7-6-10-23(29)15-20/h3-12,15-16,27H,13-14,17-18H2,1-2H3,(H,31,34)/b12-11+. The van der Waals surface area contributed by atoms with Gasteiger partial charge in [0, 0.05) is 44.7 Å². The third-order valence-electron chi connectivity index (χ3n) is 6.19. The summed E-state index contributed by atoms with van der Waals surface area (Å²) in [5.74, 6) is -0.694. The van der Waals surface area contributed by atoms with E-state index < -0.39 is 6.10 Å². The molecular formula is C28H28FN3O3. The van der Waals surface area contributed by atoms with E-state index in [0.717, 1.165) is 27.9 Å². The SMILES string of the molecule is COC(C(=O)NCc1c(C)ncc2c1CCN(C(=O)/C=C/c1cccc(F)c1)C2)c1ccccc1. The molecule has 2 amide bonds. The van der Waals surface area contributed by atoms with Crippen LogP contribution >= 0.6 is 0 Å². The molecule has 0 saturated carbocycles. The summed E-state index contributed by atoms with van der Waals surface area (Å²) in [6.07, 6.45) is 4.86. The molecule has 0 bridgehead atoms. The average molecular weight is 474 g/mol. The molecule has 0 aliphatic carbocycles. The van der Waals surface area contributed by atoms with Gasteiger partial charge in [-0.2, -0.15) is 0 Å². The van der Waals surface area contributed by atoms with Gasteiger partial charge in [-0.25, -0.2) is 4.39 Å². The minimum Gasteiger partial charge on any atom is -0.367 e. The van der Waals surface area contributed by atoms with Gasteiger partial charge in [0.2, 0.25) is 5.91 Å². The van der Waals surface area contributed by atoms with Crippen LogP contribution in [0.2, 0.25) is 0 Å². The minimum absolute atomic E-state index is 0.138. The molecule has 7 heteroatoms. The third kappa shape index (κ3) is 5.81. The first-order valence-electron chi connectivity index (χ1n) is 11.5. The molecule has 1 N–H and O–H groups in total. The molecule has 4 rings (SSSR count). The second kappa shape index (κ2) is 11.1. The maximum absolute atomic E-state index is 13.4. The van der Waals surface area contributed by atoms with Gasteiger partial charge in [-0.15, -0.1) is 0 Å². The van der Waals surface area contributed by atoms with Crippen LogP contribution < -0.4 is 5.32 Å². The zero-order valence-corrected chi connectivity index (χ0v) is 19.8. The molecule has 1 unspecified atom stereocenters. The van der Waals surface area contributed by atoms with Gasteiger partial charge in [-0.3, -0.25) is 14.6 Å². The first-order valence-corrected chi connectivity index (χ1v) is 11.5. The Balaban J connectivity index is 1.44. The highest BCUT2D eigenvalue weighted by molar-refractivity contribution is 5.92. The van der Waals surface area contributed by atoms with E-state index in [4.69, 9.17) is 4.74 Å². The van der Waals surface area contributed by atoms with E-state index in [1.54, 1.807) is 29.3 Å². The Hall–Kier alpha value is -3.84. The maximum Gasteiger partial charge on any atom is 0.254 e. The summed E-state index contributed by atoms with van der Waals surface area (Å²) >= 11 is 0. The van der Waals surface area contributed by atoms with Crippen molar-refractivity contribution in [2.75, 3.05) is 13.7 Å². The number of halogens is 1. The maximum atomic E-state index is 13.4. The molecule has 35 heavy (non-hydrogen) atoms. The van der Waals surface area contributed by atoms with Crippen LogP contribution in [-0.2, 0) is 33.8 Å². The number of nitrogens with zero attached hydrogens (tertiary/aromatic N) is 2. The lowest BCUT2D eigenvalue weighted by Crippen LogP contribution is -2.36. The molecule has 3 aromatic rings. The molecule has 2 aromatic carbocycles. The lowest BCUT2D eigenvalue weighted by Gasteiger charge is -2.30. The molecule has 1 aliphatic rings. The van der Waals surface area contributed by atoms with Gasteiger partial charge >= 0.3 is 0 Å². The van der Waals surface area contributed by atoms with E-state index in [1.807, 2.05) is 37.3 Å². The Morgan fingerprint density at radius 2 is 2.00 bits per heavy atom. The third-order valence-corrected chi connectivity index (χ3v) is 6.19. The number of nitrogens with one attached hydrogen (secondary N) is 1. The molecule has 1 aromatic heterocycles. The Morgan fingerprint density at radius 3 is 2.74 bits per heavy atom. The number of hydrogen-bond acceptors (Lipinski definition) is 4. The second-order valence-corrected chi connectivity index (χ2v) is 8.47. The van der Waals surface area contributed by atoms with E-state index >= 15 is 0 Å². The van der Waals surface area contributed by atoms with Crippen LogP contribution in [0.3, 0.4) is 0 Å². The number of carbonyl (C=O) groups excluding carboxylic acids is 2. The smallest absolute Gasteiger partial charge is 0.254 e. The molecule has 0 spiro atoms. The highest BCUT2D eigenvalue weighted by Gasteiger charge is 2.24. The zero-order valence-electron chi connectivity index (χ0n) is 19.8. The van der Waals surface area contributed by atoms with Crippen LogP contribution in [0.15, 0.2) is 66.9 Å². The Labute approximate surface area is 204 Å². The molecule has 0 radical (unpaired) electrons. The summed E-state index contributed by atoms with van der Waals surface area (Å²) in [6.45, 7) is 3.24. The zero-order chi connectivity index (χ0) is 24.8. The number of rotatable bonds is 7. The number of pyridine rings is 1. The summed E-state index contributed by atoms with van der Waals surface area (Å²) < 4.78 is 18.8. The Bertz CT molecular complexity index is 1240. The number of amides is 2. The van der Waals surface area contributed by atoms with Crippen molar-refractivity contribution in [3.05, 3.63) is 106 Å². The molecule has 1 atom stereocenters. The quantitative estimate of drug-likeness (QED) is 0.524. The van der Waals surface area contributed by atoms with E-state index in [0.29, 0.717) is 31.6 Å². The van der Waals surface area contributed by atoms with E-state index in [1.165, 1.54) is 25.3 Å². The first kappa shape index (κ1) is 24.3. The van der Waals surface area contributed by atoms with Crippen molar-refractivity contribution in [2.45, 2.75) is 32.5 Å². The van der Waals surface area contributed by atoms with Crippen LogP contribution in [0.4, 0.5) is 4.39 Å². The van der Waals surface area contributed by atoms with Crippen LogP contribution in [0.25, 0.3) is 6.08 Å². The fraction of sp³-hybridized carbons (Fsp3) is 0.250. The Kier molecular flexibility index (Phi) is 7.67. The number of aryl methyl sites for hydroxylation is 1. The molecule has 0 saturated heterocycles. The molecule has 180 valence electrons. The highest BCUT2D eigenvalue weighted by atomic mass is 19.1. The number of ether oxygens (including phenoxy) is 1. The number of fused-ring (bicyclic) bond motifs is 1. The first-order chi connectivity index (χ1) is 17.0. The average Bonchev–Trinajstić information content (AvgIpc) is 2.87. The lowest BCUT2D eigenvalue weighted by molar-refractivity contribution is -0.131. The van der Waals surface area contributed by atoms with Gasteiger partial charge in [0.15, 0.2) is 6.10 Å². The van der Waals surface area contributed by atoms with Crippen LogP contribution in [0.1, 0.15) is 39.6 Å². The topological polar surface area (TPSA) is 71.5 Å². The van der Waals surface area contributed by atoms with Crippen molar-refractivity contribution >= 4 is 17.9 Å². The van der Waals surface area contributed by atoms with Gasteiger partial charge < -0.3 is 15.0 Å². The highest BCUT2D eigenvalue weighted by Crippen LogP contribution is 2.25. The number of methoxy groups -OCH3 is 1. The van der Waals surface area contributed by atoms with Crippen molar-refractivity contribution < 1.29 is 18.7 Å². The number of benzene rings is 2. The molecule has 0 fully saturated rings. The van der Waals surface area contributed by atoms with Crippen molar-refractivity contribution in [3.8, 4) is 0 Å². The summed E-state index contributed by atoms with van der Waals surface area (Å²) in [7, 11) is 1.52. The second-order valence-electron chi connectivity index (χ2n) is 8.47. The number of hydrogen-bond donors (Lipinski definition) is 1. The lowest BCUT2D eigenvalue weighted by atomic mass is 9.94. The molecule has 2 heterocycles. The predicted octanol–water partition coefficient (Wildman–Crippen LogP) is 4.13. The molecule has 1 aliphatic heterocycles.